The Balaban J connectivity index is 2.66. The van der Waals surface area contributed by atoms with Crippen molar-refractivity contribution in [1.29, 1.82) is 0 Å². The van der Waals surface area contributed by atoms with Crippen LogP contribution in [0.25, 0.3) is 0 Å². The molecule has 0 saturated carbocycles. The van der Waals surface area contributed by atoms with Crippen LogP contribution < -0.4 is 0 Å². The summed E-state index contributed by atoms with van der Waals surface area (Å²) >= 11 is 0. The molecule has 0 bridgehead atoms. The van der Waals surface area contributed by atoms with Gasteiger partial charge in [0.15, 0.2) is 0 Å². The molecule has 0 aliphatic heterocycles. The summed E-state index contributed by atoms with van der Waals surface area (Å²) in [6.45, 7) is 5.33. The first-order valence-corrected chi connectivity index (χ1v) is 3.69. The van der Waals surface area contributed by atoms with Crippen molar-refractivity contribution in [3.63, 3.8) is 0 Å². The molecular weight excluding hydrogens is 136 g/mol. The van der Waals surface area contributed by atoms with Gasteiger partial charge in [0.2, 0.25) is 0 Å². The van der Waals surface area contributed by atoms with E-state index >= 15 is 0 Å². The summed E-state index contributed by atoms with van der Waals surface area (Å²) in [5, 5.41) is 9.36. The molecule has 0 saturated heterocycles. The molecule has 0 aliphatic rings. The van der Waals surface area contributed by atoms with Crippen LogP contribution in [0.1, 0.15) is 12.5 Å². The number of hydrogen-bond donors (Lipinski definition) is 1. The second-order valence-electron chi connectivity index (χ2n) is 3.16. The molecule has 1 atom stereocenters. The molecule has 1 N–H and O–H groups in total. The van der Waals surface area contributed by atoms with Gasteiger partial charge in [-0.3, -0.25) is 0 Å². The fraction of sp³-hybridized carbons (Fsp3) is 0.300. The molecule has 0 spiro atoms. The lowest BCUT2D eigenvalue weighted by Gasteiger charge is -2.16. The third-order valence-electron chi connectivity index (χ3n) is 1.43. The van der Waals surface area contributed by atoms with E-state index in [-0.39, 0.29) is 0 Å². The minimum absolute atomic E-state index is 0.605. The van der Waals surface area contributed by atoms with E-state index in [4.69, 9.17) is 0 Å². The highest BCUT2D eigenvalue weighted by Crippen LogP contribution is 2.10. The van der Waals surface area contributed by atoms with Gasteiger partial charge in [-0.25, -0.2) is 0 Å². The Bertz CT molecular complexity index is 208. The minimum atomic E-state index is -0.846. The Morgan fingerprint density at radius 3 is 2.36 bits per heavy atom. The third kappa shape index (κ3) is 3.19. The van der Waals surface area contributed by atoms with Gasteiger partial charge < -0.3 is 5.11 Å². The average Bonchev–Trinajstić information content (AvgIpc) is 1.85. The molecule has 1 aromatic rings. The van der Waals surface area contributed by atoms with Gasteiger partial charge in [0.05, 0.1) is 5.60 Å². The third-order valence-corrected chi connectivity index (χ3v) is 1.43. The average molecular weight is 149 g/mol. The van der Waals surface area contributed by atoms with Crippen molar-refractivity contribution >= 4 is 0 Å². The normalized spacial score (nSPS) is 11.5. The van der Waals surface area contributed by atoms with Crippen LogP contribution >= 0.6 is 0 Å². The lowest BCUT2D eigenvalue weighted by molar-refractivity contribution is 0.109. The maximum absolute atomic E-state index is 9.36. The van der Waals surface area contributed by atoms with Crippen LogP contribution in [0.3, 0.4) is 0 Å². The van der Waals surface area contributed by atoms with Gasteiger partial charge in [-0.05, 0) is 19.4 Å². The van der Waals surface area contributed by atoms with Crippen LogP contribution in [0.4, 0.5) is 0 Å². The van der Waals surface area contributed by atoms with E-state index in [2.05, 4.69) is 6.92 Å². The van der Waals surface area contributed by atoms with E-state index in [1.54, 1.807) is 6.92 Å². The maximum atomic E-state index is 9.36. The molecule has 0 amide bonds. The van der Waals surface area contributed by atoms with Crippen molar-refractivity contribution in [2.24, 2.45) is 0 Å². The Kier molecular flexibility index (Phi) is 2.30. The van der Waals surface area contributed by atoms with Gasteiger partial charge in [0.25, 0.3) is 0 Å². The molecule has 1 aromatic carbocycles. The quantitative estimate of drug-likeness (QED) is 0.680. The van der Waals surface area contributed by atoms with Crippen LogP contribution in [0.15, 0.2) is 30.3 Å². The highest BCUT2D eigenvalue weighted by Gasteiger charge is 2.12. The molecule has 11 heavy (non-hydrogen) atoms. The zero-order valence-corrected chi connectivity index (χ0v) is 6.75. The Morgan fingerprint density at radius 2 is 1.91 bits per heavy atom. The number of hydrogen-bond acceptors (Lipinski definition) is 1. The van der Waals surface area contributed by atoms with Gasteiger partial charge in [-0.15, -0.1) is 0 Å². The van der Waals surface area contributed by atoms with Crippen LogP contribution in [-0.2, 0) is 6.42 Å². The van der Waals surface area contributed by atoms with Crippen LogP contribution in [-0.4, -0.2) is 10.7 Å². The van der Waals surface area contributed by atoms with E-state index < -0.39 is 5.60 Å². The largest absolute Gasteiger partial charge is 0.390 e. The van der Waals surface area contributed by atoms with E-state index in [1.165, 1.54) is 0 Å². The van der Waals surface area contributed by atoms with Crippen molar-refractivity contribution in [2.75, 3.05) is 0 Å². The van der Waals surface area contributed by atoms with Crippen molar-refractivity contribution < 1.29 is 5.11 Å². The zero-order valence-electron chi connectivity index (χ0n) is 6.75. The first kappa shape index (κ1) is 8.28. The van der Waals surface area contributed by atoms with Gasteiger partial charge in [0, 0.05) is 6.42 Å². The standard InChI is InChI=1S/C10H13O/c1-10(2,11)8-9-6-4-3-5-7-9/h3-7,11H,1,8H2,2H3. The summed E-state index contributed by atoms with van der Waals surface area (Å²) in [6.07, 6.45) is 0.605. The summed E-state index contributed by atoms with van der Waals surface area (Å²) < 4.78 is 0. The van der Waals surface area contributed by atoms with Crippen molar-refractivity contribution in [3.05, 3.63) is 42.8 Å². The smallest absolute Gasteiger partial charge is 0.0661 e. The number of rotatable bonds is 2. The highest BCUT2D eigenvalue weighted by molar-refractivity contribution is 5.16. The van der Waals surface area contributed by atoms with Gasteiger partial charge in [0.1, 0.15) is 0 Å². The molecule has 1 heteroatoms. The van der Waals surface area contributed by atoms with Crippen LogP contribution in [0.5, 0.6) is 0 Å². The molecule has 59 valence electrons. The Morgan fingerprint density at radius 1 is 1.36 bits per heavy atom. The van der Waals surface area contributed by atoms with Crippen molar-refractivity contribution in [1.82, 2.24) is 0 Å². The Labute approximate surface area is 67.7 Å². The van der Waals surface area contributed by atoms with E-state index in [9.17, 15) is 5.11 Å². The summed E-state index contributed by atoms with van der Waals surface area (Å²) in [5.74, 6) is 0. The predicted octanol–water partition coefficient (Wildman–Crippen LogP) is 1.81. The van der Waals surface area contributed by atoms with Gasteiger partial charge in [-0.1, -0.05) is 30.3 Å². The molecule has 1 nitrogen and oxygen atoms in total. The molecule has 0 aliphatic carbocycles. The molecular formula is C10H13O. The van der Waals surface area contributed by atoms with Gasteiger partial charge in [-0.2, -0.15) is 0 Å². The van der Waals surface area contributed by atoms with Gasteiger partial charge >= 0.3 is 0 Å². The second-order valence-corrected chi connectivity index (χ2v) is 3.16. The van der Waals surface area contributed by atoms with Crippen LogP contribution in [0.2, 0.25) is 0 Å². The molecule has 1 unspecified atom stereocenters. The molecule has 1 rings (SSSR count). The maximum Gasteiger partial charge on any atom is 0.0661 e. The van der Waals surface area contributed by atoms with Crippen LogP contribution in [0, 0.1) is 6.92 Å². The van der Waals surface area contributed by atoms with E-state index in [1.807, 2.05) is 30.3 Å². The first-order chi connectivity index (χ1) is 5.08. The molecule has 0 aromatic heterocycles. The Hall–Kier alpha value is -0.820. The summed E-state index contributed by atoms with van der Waals surface area (Å²) in [4.78, 5) is 0. The fourth-order valence-corrected chi connectivity index (χ4v) is 1.04. The lowest BCUT2D eigenvalue weighted by atomic mass is 9.99. The second kappa shape index (κ2) is 3.05. The minimum Gasteiger partial charge on any atom is -0.390 e. The highest BCUT2D eigenvalue weighted by atomic mass is 16.3. The first-order valence-electron chi connectivity index (χ1n) is 3.69. The lowest BCUT2D eigenvalue weighted by Crippen LogP contribution is -2.22. The van der Waals surface area contributed by atoms with E-state index in [0.29, 0.717) is 6.42 Å². The molecule has 1 radical (unpaired) electrons. The molecule has 0 fully saturated rings. The SMILES string of the molecule is [CH2]C(C)(O)Cc1ccccc1. The summed E-state index contributed by atoms with van der Waals surface area (Å²) in [6, 6.07) is 9.85. The molecule has 0 heterocycles. The van der Waals surface area contributed by atoms with E-state index in [0.717, 1.165) is 5.56 Å². The monoisotopic (exact) mass is 149 g/mol. The summed E-state index contributed by atoms with van der Waals surface area (Å²) in [7, 11) is 0. The van der Waals surface area contributed by atoms with Crippen molar-refractivity contribution in [3.8, 4) is 0 Å². The summed E-state index contributed by atoms with van der Waals surface area (Å²) in [5.41, 5.74) is 0.272. The predicted molar refractivity (Wildman–Crippen MR) is 46.1 cm³/mol. The topological polar surface area (TPSA) is 20.2 Å². The van der Waals surface area contributed by atoms with Crippen molar-refractivity contribution in [2.45, 2.75) is 18.9 Å². The fourth-order valence-electron chi connectivity index (χ4n) is 1.04. The number of aliphatic hydroxyl groups is 1. The number of benzene rings is 1. The zero-order chi connectivity index (χ0) is 8.32.